The Morgan fingerprint density at radius 2 is 2.06 bits per heavy atom. The summed E-state index contributed by atoms with van der Waals surface area (Å²) >= 11 is 1.30. The number of nitrogens with one attached hydrogen (secondary N) is 1. The normalized spacial score (nSPS) is 15.9. The summed E-state index contributed by atoms with van der Waals surface area (Å²) in [6.45, 7) is 0.380. The van der Waals surface area contributed by atoms with E-state index in [4.69, 9.17) is 10.5 Å². The smallest absolute Gasteiger partial charge is 0.433 e. The number of amides is 1. The topological polar surface area (TPSA) is 139 Å². The third-order valence-electron chi connectivity index (χ3n) is 5.52. The van der Waals surface area contributed by atoms with Crippen LogP contribution in [-0.4, -0.2) is 55.2 Å². The number of pyridine rings is 1. The summed E-state index contributed by atoms with van der Waals surface area (Å²) in [5, 5.41) is 12.5. The van der Waals surface area contributed by atoms with Crippen LogP contribution in [0, 0.1) is 0 Å². The Balaban J connectivity index is 1.48. The van der Waals surface area contributed by atoms with Crippen LogP contribution in [0.4, 0.5) is 28.9 Å². The first kappa shape index (κ1) is 23.5. The minimum absolute atomic E-state index is 0.0684. The minimum atomic E-state index is -4.66. The van der Waals surface area contributed by atoms with E-state index in [1.54, 1.807) is 12.1 Å². The van der Waals surface area contributed by atoms with E-state index in [0.29, 0.717) is 22.8 Å². The average Bonchev–Trinajstić information content (AvgIpc) is 3.45. The van der Waals surface area contributed by atoms with E-state index in [-0.39, 0.29) is 36.0 Å². The van der Waals surface area contributed by atoms with Gasteiger partial charge in [-0.05, 0) is 30.7 Å². The molecule has 3 aromatic heterocycles. The number of fused-ring (bicyclic) bond motifs is 1. The van der Waals surface area contributed by atoms with Crippen molar-refractivity contribution in [3.8, 4) is 22.9 Å². The number of thiazole rings is 1. The van der Waals surface area contributed by atoms with Gasteiger partial charge in [-0.15, -0.1) is 0 Å². The van der Waals surface area contributed by atoms with E-state index in [9.17, 15) is 23.1 Å². The Morgan fingerprint density at radius 1 is 1.22 bits per heavy atom. The fourth-order valence-electron chi connectivity index (χ4n) is 3.86. The van der Waals surface area contributed by atoms with E-state index in [1.165, 1.54) is 34.7 Å². The Hall–Kier alpha value is -4.20. The lowest BCUT2D eigenvalue weighted by molar-refractivity contribution is -0.141. The van der Waals surface area contributed by atoms with Gasteiger partial charge in [-0.3, -0.25) is 0 Å². The minimum Gasteiger partial charge on any atom is -0.465 e. The number of likely N-dealkylation sites (tertiary alicyclic amines) is 1. The number of carboxylic acid groups (broad SMARTS) is 1. The van der Waals surface area contributed by atoms with E-state index < -0.39 is 24.0 Å². The second-order valence-corrected chi connectivity index (χ2v) is 9.01. The number of alkyl halides is 3. The molecule has 4 aromatic rings. The number of halogens is 3. The molecule has 4 N–H and O–H groups in total. The molecule has 1 amide bonds. The number of aromatic nitrogens is 4. The molecule has 36 heavy (non-hydrogen) atoms. The predicted molar refractivity (Wildman–Crippen MR) is 126 cm³/mol. The molecule has 0 bridgehead atoms. The summed E-state index contributed by atoms with van der Waals surface area (Å²) in [6.07, 6.45) is -4.11. The molecule has 1 fully saturated rings. The number of rotatable bonds is 5. The molecule has 1 aromatic carbocycles. The van der Waals surface area contributed by atoms with Crippen LogP contribution in [0.3, 0.4) is 0 Å². The van der Waals surface area contributed by atoms with E-state index >= 15 is 0 Å². The van der Waals surface area contributed by atoms with E-state index in [0.717, 1.165) is 10.8 Å². The first-order chi connectivity index (χ1) is 17.2. The molecule has 0 saturated carbocycles. The molecular weight excluding hydrogens is 499 g/mol. The van der Waals surface area contributed by atoms with Crippen LogP contribution < -0.4 is 15.8 Å². The number of anilines is 2. The number of nitrogen functional groups attached to an aromatic ring is 1. The van der Waals surface area contributed by atoms with Gasteiger partial charge in [0.05, 0.1) is 10.4 Å². The van der Waals surface area contributed by atoms with Crippen molar-refractivity contribution in [2.24, 2.45) is 0 Å². The van der Waals surface area contributed by atoms with Crippen molar-refractivity contribution >= 4 is 38.6 Å². The summed E-state index contributed by atoms with van der Waals surface area (Å²) in [4.78, 5) is 28.8. The Morgan fingerprint density at radius 3 is 2.81 bits per heavy atom. The molecule has 186 valence electrons. The number of hydrogen-bond donors (Lipinski definition) is 3. The zero-order valence-corrected chi connectivity index (χ0v) is 19.2. The maximum absolute atomic E-state index is 13.4. The lowest BCUT2D eigenvalue weighted by Crippen LogP contribution is -2.30. The number of carbonyl (C=O) groups is 1. The SMILES string of the molecule is Nc1nc2c(Oc3cc(-c4ccc(C(F)(F)F)nc4NC4CCN(C(=O)O)C4)ncn3)cccc2s1. The van der Waals surface area contributed by atoms with Gasteiger partial charge in [0, 0.05) is 30.8 Å². The van der Waals surface area contributed by atoms with E-state index in [2.05, 4.69) is 25.3 Å². The summed E-state index contributed by atoms with van der Waals surface area (Å²) < 4.78 is 46.9. The van der Waals surface area contributed by atoms with Gasteiger partial charge in [0.1, 0.15) is 23.4 Å². The quantitative estimate of drug-likeness (QED) is 0.343. The Labute approximate surface area is 205 Å². The highest BCUT2D eigenvalue weighted by molar-refractivity contribution is 7.22. The first-order valence-corrected chi connectivity index (χ1v) is 11.5. The van der Waals surface area contributed by atoms with Crippen LogP contribution in [0.2, 0.25) is 0 Å². The molecule has 1 saturated heterocycles. The van der Waals surface area contributed by atoms with Crippen molar-refractivity contribution in [2.75, 3.05) is 24.1 Å². The monoisotopic (exact) mass is 517 g/mol. The molecule has 1 unspecified atom stereocenters. The molecular formula is C22H18F3N7O3S. The number of nitrogens with two attached hydrogens (primary N) is 1. The third-order valence-corrected chi connectivity index (χ3v) is 6.37. The second kappa shape index (κ2) is 9.11. The van der Waals surface area contributed by atoms with Crippen molar-refractivity contribution < 1.29 is 27.8 Å². The number of ether oxygens (including phenoxy) is 1. The summed E-state index contributed by atoms with van der Waals surface area (Å²) in [6, 6.07) is 8.51. The molecule has 1 aliphatic rings. The lowest BCUT2D eigenvalue weighted by atomic mass is 10.1. The highest BCUT2D eigenvalue weighted by Gasteiger charge is 2.34. The standard InChI is InChI=1S/C22H18F3N7O3S/c23-22(24,25)16-5-4-12(19(30-16)29-11-6-7-32(9-11)21(33)34)13-8-17(28-10-27-13)35-14-2-1-3-15-18(14)31-20(26)36-15/h1-5,8,10-11H,6-7,9H2,(H2,26,31)(H,29,30)(H,33,34). The van der Waals surface area contributed by atoms with Crippen LogP contribution in [0.1, 0.15) is 12.1 Å². The van der Waals surface area contributed by atoms with Crippen LogP contribution in [-0.2, 0) is 6.18 Å². The van der Waals surface area contributed by atoms with Crippen molar-refractivity contribution in [2.45, 2.75) is 18.6 Å². The molecule has 5 rings (SSSR count). The zero-order chi connectivity index (χ0) is 25.4. The van der Waals surface area contributed by atoms with E-state index in [1.807, 2.05) is 6.07 Å². The molecule has 1 atom stereocenters. The molecule has 0 spiro atoms. The number of hydrogen-bond acceptors (Lipinski definition) is 9. The molecule has 1 aliphatic heterocycles. The van der Waals surface area contributed by atoms with Crippen LogP contribution in [0.5, 0.6) is 11.6 Å². The maximum atomic E-state index is 13.4. The zero-order valence-electron chi connectivity index (χ0n) is 18.4. The Bertz CT molecular complexity index is 1450. The molecule has 14 heteroatoms. The molecule has 0 radical (unpaired) electrons. The highest BCUT2D eigenvalue weighted by Crippen LogP contribution is 2.36. The van der Waals surface area contributed by atoms with Crippen molar-refractivity contribution in [3.63, 3.8) is 0 Å². The average molecular weight is 517 g/mol. The van der Waals surface area contributed by atoms with Gasteiger partial charge in [-0.25, -0.2) is 24.7 Å². The molecule has 10 nitrogen and oxygen atoms in total. The van der Waals surface area contributed by atoms with Crippen LogP contribution in [0.15, 0.2) is 42.7 Å². The Kier molecular flexibility index (Phi) is 5.96. The molecule has 0 aliphatic carbocycles. The van der Waals surface area contributed by atoms with Crippen molar-refractivity contribution in [1.82, 2.24) is 24.8 Å². The van der Waals surface area contributed by atoms with Gasteiger partial charge in [0.15, 0.2) is 10.9 Å². The highest BCUT2D eigenvalue weighted by atomic mass is 32.1. The largest absolute Gasteiger partial charge is 0.465 e. The van der Waals surface area contributed by atoms with Gasteiger partial charge >= 0.3 is 12.3 Å². The summed E-state index contributed by atoms with van der Waals surface area (Å²) in [5.41, 5.74) is 5.82. The van der Waals surface area contributed by atoms with Crippen molar-refractivity contribution in [1.29, 1.82) is 0 Å². The fraction of sp³-hybridized carbons (Fsp3) is 0.227. The number of benzene rings is 1. The van der Waals surface area contributed by atoms with Gasteiger partial charge < -0.3 is 25.8 Å². The van der Waals surface area contributed by atoms with Crippen molar-refractivity contribution in [3.05, 3.63) is 48.4 Å². The molecule has 4 heterocycles. The summed E-state index contributed by atoms with van der Waals surface area (Å²) in [5.74, 6) is 0.484. The lowest BCUT2D eigenvalue weighted by Gasteiger charge is -2.18. The number of para-hydroxylation sites is 1. The van der Waals surface area contributed by atoms with Gasteiger partial charge in [-0.1, -0.05) is 17.4 Å². The van der Waals surface area contributed by atoms with Crippen LogP contribution >= 0.6 is 11.3 Å². The van der Waals surface area contributed by atoms with Gasteiger partial charge in [0.25, 0.3) is 0 Å². The van der Waals surface area contributed by atoms with Crippen LogP contribution in [0.25, 0.3) is 21.5 Å². The predicted octanol–water partition coefficient (Wildman–Crippen LogP) is 4.71. The van der Waals surface area contributed by atoms with Gasteiger partial charge in [-0.2, -0.15) is 13.2 Å². The third kappa shape index (κ3) is 4.79. The summed E-state index contributed by atoms with van der Waals surface area (Å²) in [7, 11) is 0. The second-order valence-electron chi connectivity index (χ2n) is 7.95. The van der Waals surface area contributed by atoms with Gasteiger partial charge in [0.2, 0.25) is 5.88 Å². The maximum Gasteiger partial charge on any atom is 0.433 e. The first-order valence-electron chi connectivity index (χ1n) is 10.7. The number of nitrogens with zero attached hydrogens (tertiary/aromatic N) is 5. The fourth-order valence-corrected chi connectivity index (χ4v) is 4.61.